The van der Waals surface area contributed by atoms with E-state index in [0.717, 1.165) is 53.5 Å². The Morgan fingerprint density at radius 2 is 2.16 bits per heavy atom. The van der Waals surface area contributed by atoms with E-state index in [2.05, 4.69) is 20.2 Å². The highest BCUT2D eigenvalue weighted by Crippen LogP contribution is 2.30. The summed E-state index contributed by atoms with van der Waals surface area (Å²) in [4.78, 5) is 12.4. The van der Waals surface area contributed by atoms with Gasteiger partial charge in [-0.15, -0.1) is 11.3 Å². The average Bonchev–Trinajstić information content (AvgIpc) is 2.71. The Bertz CT molecular complexity index is 549. The Balaban J connectivity index is 1.86. The van der Waals surface area contributed by atoms with Crippen LogP contribution in [0.5, 0.6) is 0 Å². The molecule has 0 saturated carbocycles. The van der Waals surface area contributed by atoms with Crippen molar-refractivity contribution in [3.8, 4) is 10.6 Å². The fourth-order valence-corrected chi connectivity index (χ4v) is 3.15. The molecule has 0 aromatic carbocycles. The monoisotopic (exact) mass is 294 g/mol. The molecule has 1 fully saturated rings. The number of halogens is 1. The van der Waals surface area contributed by atoms with Crippen LogP contribution in [0.25, 0.3) is 10.6 Å². The first-order valence-corrected chi connectivity index (χ1v) is 7.57. The minimum absolute atomic E-state index is 0.786. The smallest absolute Gasteiger partial charge is 0.225 e. The summed E-state index contributed by atoms with van der Waals surface area (Å²) in [5, 5.41) is 3.38. The van der Waals surface area contributed by atoms with E-state index in [4.69, 9.17) is 11.6 Å². The van der Waals surface area contributed by atoms with Gasteiger partial charge >= 0.3 is 0 Å². The number of nitrogens with zero attached hydrogens (tertiary/aromatic N) is 3. The summed E-state index contributed by atoms with van der Waals surface area (Å²) in [7, 11) is 0. The molecular weight excluding hydrogens is 280 g/mol. The zero-order valence-electron chi connectivity index (χ0n) is 10.5. The van der Waals surface area contributed by atoms with Crippen LogP contribution in [0, 0.1) is 0 Å². The molecule has 3 heterocycles. The maximum Gasteiger partial charge on any atom is 0.225 e. The van der Waals surface area contributed by atoms with Crippen LogP contribution in [0.2, 0.25) is 4.34 Å². The molecule has 0 atom stereocenters. The second-order valence-electron chi connectivity index (χ2n) is 4.44. The fourth-order valence-electron chi connectivity index (χ4n) is 2.14. The predicted octanol–water partition coefficient (Wildman–Crippen LogP) is 2.66. The van der Waals surface area contributed by atoms with Crippen LogP contribution in [0.4, 0.5) is 5.95 Å². The van der Waals surface area contributed by atoms with Crippen LogP contribution in [-0.2, 0) is 0 Å². The van der Waals surface area contributed by atoms with Crippen molar-refractivity contribution in [3.63, 3.8) is 0 Å². The van der Waals surface area contributed by atoms with E-state index in [1.54, 1.807) is 11.3 Å². The lowest BCUT2D eigenvalue weighted by molar-refractivity contribution is 0.724. The van der Waals surface area contributed by atoms with Crippen molar-refractivity contribution in [1.82, 2.24) is 15.3 Å². The average molecular weight is 295 g/mol. The predicted molar refractivity (Wildman–Crippen MR) is 80.1 cm³/mol. The first kappa shape index (κ1) is 12.8. The number of thiophene rings is 1. The third kappa shape index (κ3) is 3.05. The van der Waals surface area contributed by atoms with Gasteiger partial charge < -0.3 is 10.2 Å². The molecule has 0 amide bonds. The van der Waals surface area contributed by atoms with Gasteiger partial charge in [-0.1, -0.05) is 11.6 Å². The lowest BCUT2D eigenvalue weighted by Gasteiger charge is -2.19. The van der Waals surface area contributed by atoms with Crippen molar-refractivity contribution in [2.24, 2.45) is 0 Å². The molecule has 0 spiro atoms. The van der Waals surface area contributed by atoms with Crippen molar-refractivity contribution in [2.75, 3.05) is 31.1 Å². The summed E-state index contributed by atoms with van der Waals surface area (Å²) >= 11 is 7.52. The third-order valence-corrected chi connectivity index (χ3v) is 4.35. The van der Waals surface area contributed by atoms with E-state index in [9.17, 15) is 0 Å². The number of hydrogen-bond donors (Lipinski definition) is 1. The Labute approximate surface area is 121 Å². The molecule has 1 N–H and O–H groups in total. The second-order valence-corrected chi connectivity index (χ2v) is 6.15. The van der Waals surface area contributed by atoms with E-state index in [1.165, 1.54) is 0 Å². The lowest BCUT2D eigenvalue weighted by atomic mass is 10.3. The number of rotatable bonds is 2. The van der Waals surface area contributed by atoms with Gasteiger partial charge in [0.1, 0.15) is 0 Å². The molecule has 2 aromatic rings. The van der Waals surface area contributed by atoms with Gasteiger partial charge in [-0.25, -0.2) is 9.97 Å². The molecule has 0 bridgehead atoms. The Morgan fingerprint density at radius 1 is 1.21 bits per heavy atom. The summed E-state index contributed by atoms with van der Waals surface area (Å²) in [6.07, 6.45) is 2.95. The Kier molecular flexibility index (Phi) is 3.96. The van der Waals surface area contributed by atoms with E-state index in [1.807, 2.05) is 24.4 Å². The molecule has 2 aromatic heterocycles. The molecule has 0 radical (unpaired) electrons. The van der Waals surface area contributed by atoms with Crippen LogP contribution in [0.1, 0.15) is 6.42 Å². The molecule has 4 nitrogen and oxygen atoms in total. The van der Waals surface area contributed by atoms with Gasteiger partial charge in [-0.2, -0.15) is 0 Å². The van der Waals surface area contributed by atoms with Crippen molar-refractivity contribution in [1.29, 1.82) is 0 Å². The lowest BCUT2D eigenvalue weighted by Crippen LogP contribution is -2.29. The molecule has 19 heavy (non-hydrogen) atoms. The highest BCUT2D eigenvalue weighted by atomic mass is 35.5. The molecule has 1 aliphatic heterocycles. The summed E-state index contributed by atoms with van der Waals surface area (Å²) in [6, 6.07) is 5.84. The van der Waals surface area contributed by atoms with Gasteiger partial charge in [0, 0.05) is 25.8 Å². The summed E-state index contributed by atoms with van der Waals surface area (Å²) in [6.45, 7) is 4.01. The highest BCUT2D eigenvalue weighted by molar-refractivity contribution is 7.19. The van der Waals surface area contributed by atoms with Crippen molar-refractivity contribution >= 4 is 28.9 Å². The zero-order valence-corrected chi connectivity index (χ0v) is 12.0. The van der Waals surface area contributed by atoms with Gasteiger partial charge in [0.25, 0.3) is 0 Å². The SMILES string of the molecule is Clc1ccc(-c2ccnc(N3CCCNCC3)n2)s1. The molecule has 1 saturated heterocycles. The second kappa shape index (κ2) is 5.86. The molecule has 6 heteroatoms. The molecule has 0 unspecified atom stereocenters. The van der Waals surface area contributed by atoms with Crippen LogP contribution < -0.4 is 10.2 Å². The number of hydrogen-bond acceptors (Lipinski definition) is 5. The Morgan fingerprint density at radius 3 is 3.00 bits per heavy atom. The minimum Gasteiger partial charge on any atom is -0.339 e. The van der Waals surface area contributed by atoms with E-state index in [-0.39, 0.29) is 0 Å². The quantitative estimate of drug-likeness (QED) is 0.924. The number of aromatic nitrogens is 2. The molecule has 0 aliphatic carbocycles. The molecule has 1 aliphatic rings. The van der Waals surface area contributed by atoms with Crippen molar-refractivity contribution < 1.29 is 0 Å². The largest absolute Gasteiger partial charge is 0.339 e. The van der Waals surface area contributed by atoms with Gasteiger partial charge in [0.05, 0.1) is 14.9 Å². The maximum absolute atomic E-state index is 5.98. The van der Waals surface area contributed by atoms with Crippen LogP contribution in [0.3, 0.4) is 0 Å². The van der Waals surface area contributed by atoms with Crippen molar-refractivity contribution in [3.05, 3.63) is 28.7 Å². The maximum atomic E-state index is 5.98. The summed E-state index contributed by atoms with van der Waals surface area (Å²) in [5.41, 5.74) is 0.944. The van der Waals surface area contributed by atoms with Gasteiger partial charge in [0.15, 0.2) is 0 Å². The summed E-state index contributed by atoms with van der Waals surface area (Å²) < 4.78 is 0.786. The fraction of sp³-hybridized carbons (Fsp3) is 0.385. The number of nitrogens with one attached hydrogen (secondary N) is 1. The summed E-state index contributed by atoms with van der Waals surface area (Å²) in [5.74, 6) is 0.811. The third-order valence-electron chi connectivity index (χ3n) is 3.09. The van der Waals surface area contributed by atoms with Crippen LogP contribution in [0.15, 0.2) is 24.4 Å². The highest BCUT2D eigenvalue weighted by Gasteiger charge is 2.13. The standard InChI is InChI=1S/C13H15ClN4S/c14-12-3-2-11(19-12)10-4-6-16-13(17-10)18-8-1-5-15-7-9-18/h2-4,6,15H,1,5,7-9H2. The molecular formula is C13H15ClN4S. The van der Waals surface area contributed by atoms with Gasteiger partial charge in [0.2, 0.25) is 5.95 Å². The first-order chi connectivity index (χ1) is 9.33. The first-order valence-electron chi connectivity index (χ1n) is 6.37. The van der Waals surface area contributed by atoms with Crippen LogP contribution in [-0.4, -0.2) is 36.1 Å². The van der Waals surface area contributed by atoms with E-state index in [0.29, 0.717) is 0 Å². The van der Waals surface area contributed by atoms with E-state index >= 15 is 0 Å². The zero-order chi connectivity index (χ0) is 13.1. The van der Waals surface area contributed by atoms with Gasteiger partial charge in [-0.3, -0.25) is 0 Å². The van der Waals surface area contributed by atoms with Gasteiger partial charge in [-0.05, 0) is 31.2 Å². The normalized spacial score (nSPS) is 16.4. The molecule has 100 valence electrons. The van der Waals surface area contributed by atoms with Crippen molar-refractivity contribution in [2.45, 2.75) is 6.42 Å². The Hall–Kier alpha value is -1.17. The van der Waals surface area contributed by atoms with E-state index < -0.39 is 0 Å². The topological polar surface area (TPSA) is 41.1 Å². The van der Waals surface area contributed by atoms with Crippen LogP contribution >= 0.6 is 22.9 Å². The minimum atomic E-state index is 0.786. The molecule has 3 rings (SSSR count). The number of anilines is 1.